The Bertz CT molecular complexity index is 2760. The van der Waals surface area contributed by atoms with Crippen molar-refractivity contribution in [3.63, 3.8) is 0 Å². The van der Waals surface area contributed by atoms with Crippen LogP contribution >= 0.6 is 0 Å². The van der Waals surface area contributed by atoms with Crippen LogP contribution in [0.4, 0.5) is 0 Å². The first-order valence-electron chi connectivity index (χ1n) is 22.0. The van der Waals surface area contributed by atoms with Crippen molar-refractivity contribution < 1.29 is 64.8 Å². The molecular weight excluding hydrogens is 879 g/mol. The fourth-order valence-corrected chi connectivity index (χ4v) is 11.5. The molecule has 0 heterocycles. The molecule has 0 bridgehead atoms. The van der Waals surface area contributed by atoms with E-state index in [-0.39, 0.29) is 65.2 Å². The Morgan fingerprint density at radius 1 is 0.662 bits per heavy atom. The van der Waals surface area contributed by atoms with E-state index in [0.717, 1.165) is 0 Å². The first-order chi connectivity index (χ1) is 32.0. The number of carbonyl (C=O) groups excluding carboxylic acids is 5. The molecule has 0 radical (unpaired) electrons. The number of hydrogen-bond acceptors (Lipinski definition) is 16. The minimum Gasteiger partial charge on any atom is -0.508 e. The molecule has 6 aliphatic carbocycles. The molecule has 0 aliphatic heterocycles. The molecule has 18 heteroatoms. The van der Waals surface area contributed by atoms with Crippen LogP contribution in [-0.4, -0.2) is 137 Å². The molecule has 8 unspecified atom stereocenters. The second kappa shape index (κ2) is 16.8. The third kappa shape index (κ3) is 6.81. The Kier molecular flexibility index (Phi) is 11.7. The predicted molar refractivity (Wildman–Crippen MR) is 243 cm³/mol. The molecule has 8 atom stereocenters. The number of aliphatic hydroxyl groups is 6. The van der Waals surface area contributed by atoms with Crippen molar-refractivity contribution in [2.24, 2.45) is 35.1 Å². The number of aromatic hydroxyl groups is 2. The number of unbranched alkanes of at least 4 members (excludes halogenated alkanes) is 3. The Morgan fingerprint density at radius 3 is 1.46 bits per heavy atom. The van der Waals surface area contributed by atoms with Gasteiger partial charge >= 0.3 is 0 Å². The number of carbonyl (C=O) groups is 5. The van der Waals surface area contributed by atoms with E-state index in [1.807, 2.05) is 0 Å². The lowest BCUT2D eigenvalue weighted by atomic mass is 9.57. The number of aliphatic hydroxyl groups excluding tert-OH is 4. The first kappa shape index (κ1) is 47.3. The van der Waals surface area contributed by atoms with E-state index >= 15 is 0 Å². The average molecular weight is 930 g/mol. The SMILES string of the molecule is CN(C)C1C(=N)C(C(N)=O)=C(O)C2(O)C(=O)C3=C(O)c4c(O)ccc(C#CCCCCC#Cc5ccc(O)c6c5CC5CC7C(N(C)C)C(=O)C(C(N)=O)=C(O)C7(O)C(=O)C5=C6O)c4CC3CC12. The number of phenolic OH excluding ortho intramolecular Hbond substituents is 2. The zero-order valence-corrected chi connectivity index (χ0v) is 37.6. The number of ketones is 3. The maximum atomic E-state index is 14.2. The van der Waals surface area contributed by atoms with Crippen LogP contribution in [-0.2, 0) is 36.8 Å². The standard InChI is InChI=1S/C50H51N5O13/c1-54(2)38-27-19-23-17-25-21(13-15-29(56)33(25)40(58)31(23)43(61)49(27,67)45(63)35(37(38)51)47(52)65)11-9-7-5-6-8-10-12-22-14-16-30(57)34-26(22)18-24-20-28-39(55(3)4)42(60)36(48(53)66)46(64)50(28,68)44(62)32(24)41(34)59/h13-16,23-24,27-28,38-39,51,56-59,63-64,67-68H,5-8,17-20H2,1-4H3,(H2,52,65)(H2,53,66). The maximum absolute atomic E-state index is 14.2. The van der Waals surface area contributed by atoms with E-state index < -0.39 is 110 Å². The maximum Gasteiger partial charge on any atom is 0.255 e. The smallest absolute Gasteiger partial charge is 0.255 e. The second-order valence-corrected chi connectivity index (χ2v) is 18.8. The summed E-state index contributed by atoms with van der Waals surface area (Å²) in [5.41, 5.74) is 4.90. The number of amides is 2. The number of Topliss-reactive ketones (excluding diaryl/α,β-unsaturated/α-hetero) is 3. The molecule has 0 aromatic heterocycles. The minimum atomic E-state index is -2.74. The average Bonchev–Trinajstić information content (AvgIpc) is 3.25. The summed E-state index contributed by atoms with van der Waals surface area (Å²) in [6, 6.07) is 3.65. The quantitative estimate of drug-likeness (QED) is 0.107. The molecule has 6 aliphatic rings. The van der Waals surface area contributed by atoms with Crippen LogP contribution in [0.1, 0.15) is 71.9 Å². The summed E-state index contributed by atoms with van der Waals surface area (Å²) in [4.78, 5) is 69.3. The fraction of sp³-hybridized carbons (Fsp3) is 0.400. The van der Waals surface area contributed by atoms with E-state index in [4.69, 9.17) is 16.9 Å². The number of fused-ring (bicyclic) bond motifs is 6. The van der Waals surface area contributed by atoms with Gasteiger partial charge in [0.05, 0.1) is 28.9 Å². The highest BCUT2D eigenvalue weighted by Gasteiger charge is 2.65. The zero-order chi connectivity index (χ0) is 49.6. The van der Waals surface area contributed by atoms with Crippen LogP contribution in [0.15, 0.2) is 58.1 Å². The van der Waals surface area contributed by atoms with E-state index in [9.17, 15) is 64.8 Å². The number of nitrogens with two attached hydrogens (primary N) is 2. The molecule has 2 fully saturated rings. The molecule has 68 heavy (non-hydrogen) atoms. The van der Waals surface area contributed by atoms with Crippen LogP contribution in [0, 0.1) is 52.8 Å². The third-order valence-electron chi connectivity index (χ3n) is 14.6. The number of rotatable bonds is 7. The Morgan fingerprint density at radius 2 is 1.06 bits per heavy atom. The van der Waals surface area contributed by atoms with Crippen molar-refractivity contribution in [2.45, 2.75) is 74.7 Å². The Labute approximate surface area is 390 Å². The van der Waals surface area contributed by atoms with Gasteiger partial charge in [-0.15, -0.1) is 0 Å². The molecule has 2 saturated carbocycles. The van der Waals surface area contributed by atoms with Gasteiger partial charge < -0.3 is 62.6 Å². The number of phenols is 2. The van der Waals surface area contributed by atoms with E-state index in [0.29, 0.717) is 47.9 Å². The molecule has 2 amide bonds. The van der Waals surface area contributed by atoms with Gasteiger partial charge in [-0.2, -0.15) is 0 Å². The van der Waals surface area contributed by atoms with Crippen LogP contribution in [0.2, 0.25) is 0 Å². The van der Waals surface area contributed by atoms with Crippen LogP contribution in [0.3, 0.4) is 0 Å². The Balaban J connectivity index is 0.989. The summed E-state index contributed by atoms with van der Waals surface area (Å²) < 4.78 is 0. The van der Waals surface area contributed by atoms with Crippen molar-refractivity contribution in [2.75, 3.05) is 28.2 Å². The molecule has 13 N–H and O–H groups in total. The topological polar surface area (TPSA) is 330 Å². The molecule has 354 valence electrons. The van der Waals surface area contributed by atoms with Gasteiger partial charge in [0.1, 0.15) is 45.7 Å². The van der Waals surface area contributed by atoms with E-state index in [1.54, 1.807) is 31.1 Å². The molecule has 8 rings (SSSR count). The van der Waals surface area contributed by atoms with Crippen LogP contribution in [0.5, 0.6) is 11.5 Å². The second-order valence-electron chi connectivity index (χ2n) is 18.8. The van der Waals surface area contributed by atoms with Gasteiger partial charge in [-0.25, -0.2) is 0 Å². The summed E-state index contributed by atoms with van der Waals surface area (Å²) in [6.45, 7) is 0. The van der Waals surface area contributed by atoms with Gasteiger partial charge in [-0.3, -0.25) is 28.9 Å². The highest BCUT2D eigenvalue weighted by atomic mass is 16.4. The number of benzene rings is 2. The molecular formula is C50H51N5O13. The lowest BCUT2D eigenvalue weighted by molar-refractivity contribution is -0.153. The van der Waals surface area contributed by atoms with Crippen molar-refractivity contribution in [1.82, 2.24) is 9.80 Å². The highest BCUT2D eigenvalue weighted by Crippen LogP contribution is 2.55. The number of nitrogens with zero attached hydrogens (tertiary/aromatic N) is 2. The predicted octanol–water partition coefficient (Wildman–Crippen LogP) is 1.66. The molecule has 0 spiro atoms. The number of likely N-dealkylation sites (N-methyl/N-ethyl adjacent to an activating group) is 1. The summed E-state index contributed by atoms with van der Waals surface area (Å²) in [5.74, 6) is -0.852. The zero-order valence-electron chi connectivity index (χ0n) is 37.6. The van der Waals surface area contributed by atoms with Crippen LogP contribution < -0.4 is 11.5 Å². The summed E-state index contributed by atoms with van der Waals surface area (Å²) >= 11 is 0. The van der Waals surface area contributed by atoms with Gasteiger partial charge in [0.2, 0.25) is 11.6 Å². The van der Waals surface area contributed by atoms with Gasteiger partial charge in [-0.1, -0.05) is 23.7 Å². The van der Waals surface area contributed by atoms with Gasteiger partial charge in [0, 0.05) is 47.0 Å². The Hall–Kier alpha value is -7.22. The van der Waals surface area contributed by atoms with Gasteiger partial charge in [0.15, 0.2) is 17.0 Å². The minimum absolute atomic E-state index is 0.0197. The van der Waals surface area contributed by atoms with Crippen LogP contribution in [0.25, 0.3) is 11.5 Å². The van der Waals surface area contributed by atoms with Gasteiger partial charge in [-0.05, 0) is 114 Å². The van der Waals surface area contributed by atoms with Crippen molar-refractivity contribution in [3.8, 4) is 35.2 Å². The summed E-state index contributed by atoms with van der Waals surface area (Å²) in [6.07, 6.45) is 2.29. The number of hydrogen-bond donors (Lipinski definition) is 11. The molecule has 2 aromatic carbocycles. The van der Waals surface area contributed by atoms with Crippen molar-refractivity contribution >= 4 is 46.4 Å². The van der Waals surface area contributed by atoms with E-state index in [1.165, 1.54) is 31.1 Å². The third-order valence-corrected chi connectivity index (χ3v) is 14.6. The van der Waals surface area contributed by atoms with E-state index in [2.05, 4.69) is 23.7 Å². The largest absolute Gasteiger partial charge is 0.508 e. The lowest BCUT2D eigenvalue weighted by Crippen LogP contribution is -2.65. The number of primary amides is 2. The number of nitrogens with one attached hydrogen (secondary N) is 1. The molecule has 2 aromatic rings. The highest BCUT2D eigenvalue weighted by molar-refractivity contribution is 6.26. The summed E-state index contributed by atoms with van der Waals surface area (Å²) in [7, 11) is 6.27. The van der Waals surface area contributed by atoms with Crippen molar-refractivity contribution in [1.29, 1.82) is 5.41 Å². The first-order valence-corrected chi connectivity index (χ1v) is 22.0. The molecule has 18 nitrogen and oxygen atoms in total. The van der Waals surface area contributed by atoms with Crippen molar-refractivity contribution in [3.05, 3.63) is 91.5 Å². The normalized spacial score (nSPS) is 28.5. The fourth-order valence-electron chi connectivity index (χ4n) is 11.5. The monoisotopic (exact) mass is 929 g/mol. The lowest BCUT2D eigenvalue weighted by Gasteiger charge is -2.51. The van der Waals surface area contributed by atoms with Gasteiger partial charge in [0.25, 0.3) is 11.8 Å². The molecule has 0 saturated heterocycles. The summed E-state index contributed by atoms with van der Waals surface area (Å²) in [5, 5.41) is 99.6.